The van der Waals surface area contributed by atoms with Gasteiger partial charge in [-0.05, 0) is 43.1 Å². The molecule has 2 aromatic carbocycles. The van der Waals surface area contributed by atoms with Crippen LogP contribution in [0.4, 0.5) is 9.18 Å². The first-order valence-corrected chi connectivity index (χ1v) is 13.9. The summed E-state index contributed by atoms with van der Waals surface area (Å²) < 4.78 is 31.6. The van der Waals surface area contributed by atoms with E-state index in [0.717, 1.165) is 57.0 Å². The molecule has 0 spiro atoms. The lowest BCUT2D eigenvalue weighted by Crippen LogP contribution is -2.41. The number of nitrogens with one attached hydrogen (secondary N) is 1. The van der Waals surface area contributed by atoms with Crippen LogP contribution in [0.15, 0.2) is 42.5 Å². The Morgan fingerprint density at radius 1 is 1.07 bits per heavy atom. The number of benzene rings is 2. The highest BCUT2D eigenvalue weighted by Crippen LogP contribution is 2.38. The zero-order valence-electron chi connectivity index (χ0n) is 23.2. The molecule has 3 rings (SSSR count). The number of carbonyl (C=O) groups is 2. The molecule has 0 saturated carbocycles. The van der Waals surface area contributed by atoms with Crippen molar-refractivity contribution in [3.8, 4) is 0 Å². The van der Waals surface area contributed by atoms with Gasteiger partial charge in [0.15, 0.2) is 0 Å². The standard InChI is InChI=1S/C29H39ClFN3O6/c1-38-29(39-2,24-9-5-6-10-26(24)31)25-19-23(30)12-11-22(25)20-32-27(35)21-34(28(36)37)14-8-4-3-7-13-33-15-17-40-18-16-33/h5-6,9-12,19H,3-4,7-8,13-18,20-21H2,1-2H3,(H,32,35)(H,36,37). The average molecular weight is 580 g/mol. The molecule has 220 valence electrons. The van der Waals surface area contributed by atoms with Crippen LogP contribution in [0.25, 0.3) is 0 Å². The van der Waals surface area contributed by atoms with Crippen molar-refractivity contribution in [3.05, 3.63) is 70.0 Å². The number of unbranched alkanes of at least 4 members (excludes halogenated alkanes) is 3. The number of methoxy groups -OCH3 is 2. The highest BCUT2D eigenvalue weighted by Gasteiger charge is 2.39. The van der Waals surface area contributed by atoms with Crippen LogP contribution in [-0.4, -0.2) is 87.1 Å². The van der Waals surface area contributed by atoms with Gasteiger partial charge in [-0.1, -0.05) is 48.7 Å². The molecule has 2 aromatic rings. The van der Waals surface area contributed by atoms with Gasteiger partial charge in [-0.25, -0.2) is 9.18 Å². The third kappa shape index (κ3) is 8.62. The molecule has 9 nitrogen and oxygen atoms in total. The van der Waals surface area contributed by atoms with Gasteiger partial charge in [0.1, 0.15) is 12.4 Å². The number of amides is 2. The summed E-state index contributed by atoms with van der Waals surface area (Å²) in [5.74, 6) is -2.60. The second-order valence-electron chi connectivity index (χ2n) is 9.66. The van der Waals surface area contributed by atoms with E-state index in [0.29, 0.717) is 22.6 Å². The van der Waals surface area contributed by atoms with Gasteiger partial charge in [0.05, 0.1) is 18.8 Å². The minimum atomic E-state index is -1.62. The monoisotopic (exact) mass is 579 g/mol. The van der Waals surface area contributed by atoms with Gasteiger partial charge >= 0.3 is 6.09 Å². The summed E-state index contributed by atoms with van der Waals surface area (Å²) in [6.07, 6.45) is 2.47. The first-order chi connectivity index (χ1) is 19.3. The van der Waals surface area contributed by atoms with E-state index in [1.54, 1.807) is 36.4 Å². The number of morpholine rings is 1. The van der Waals surface area contributed by atoms with Crippen molar-refractivity contribution < 1.29 is 33.3 Å². The van der Waals surface area contributed by atoms with E-state index in [-0.39, 0.29) is 25.2 Å². The molecular formula is C29H39ClFN3O6. The van der Waals surface area contributed by atoms with Crippen molar-refractivity contribution in [3.63, 3.8) is 0 Å². The van der Waals surface area contributed by atoms with E-state index in [9.17, 15) is 19.1 Å². The summed E-state index contributed by atoms with van der Waals surface area (Å²) in [5.41, 5.74) is 1.14. The summed E-state index contributed by atoms with van der Waals surface area (Å²) in [6, 6.07) is 11.0. The Hall–Kier alpha value is -2.76. The lowest BCUT2D eigenvalue weighted by molar-refractivity contribution is -0.186. The predicted molar refractivity (Wildman–Crippen MR) is 150 cm³/mol. The smallest absolute Gasteiger partial charge is 0.407 e. The molecule has 0 unspecified atom stereocenters. The Morgan fingerprint density at radius 3 is 2.45 bits per heavy atom. The van der Waals surface area contributed by atoms with E-state index in [1.165, 1.54) is 20.3 Å². The fourth-order valence-corrected chi connectivity index (χ4v) is 5.06. The lowest BCUT2D eigenvalue weighted by Gasteiger charge is -2.34. The Balaban J connectivity index is 1.57. The third-order valence-electron chi connectivity index (χ3n) is 7.07. The first-order valence-electron chi connectivity index (χ1n) is 13.5. The quantitative estimate of drug-likeness (QED) is 0.237. The molecule has 1 aliphatic rings. The van der Waals surface area contributed by atoms with Crippen LogP contribution in [0.5, 0.6) is 0 Å². The Kier molecular flexibility index (Phi) is 12.6. The molecule has 0 aromatic heterocycles. The van der Waals surface area contributed by atoms with Crippen LogP contribution in [-0.2, 0) is 31.3 Å². The lowest BCUT2D eigenvalue weighted by atomic mass is 9.92. The van der Waals surface area contributed by atoms with E-state index < -0.39 is 23.6 Å². The maximum absolute atomic E-state index is 14.8. The van der Waals surface area contributed by atoms with Crippen LogP contribution in [0.1, 0.15) is 42.4 Å². The van der Waals surface area contributed by atoms with Crippen molar-refractivity contribution in [2.24, 2.45) is 0 Å². The van der Waals surface area contributed by atoms with Gasteiger partial charge in [0, 0.05) is 51.0 Å². The van der Waals surface area contributed by atoms with Crippen LogP contribution in [0.3, 0.4) is 0 Å². The molecule has 2 N–H and O–H groups in total. The highest BCUT2D eigenvalue weighted by atomic mass is 35.5. The number of rotatable bonds is 15. The molecule has 11 heteroatoms. The molecule has 1 heterocycles. The van der Waals surface area contributed by atoms with Crippen molar-refractivity contribution in [1.82, 2.24) is 15.1 Å². The zero-order valence-corrected chi connectivity index (χ0v) is 23.9. The number of halogens is 2. The third-order valence-corrected chi connectivity index (χ3v) is 7.30. The fraction of sp³-hybridized carbons (Fsp3) is 0.517. The maximum atomic E-state index is 14.8. The van der Waals surface area contributed by atoms with Crippen LogP contribution in [0, 0.1) is 5.82 Å². The number of hydrogen-bond acceptors (Lipinski definition) is 6. The molecule has 2 amide bonds. The van der Waals surface area contributed by atoms with Gasteiger partial charge in [-0.3, -0.25) is 14.6 Å². The van der Waals surface area contributed by atoms with Gasteiger partial charge in [-0.15, -0.1) is 0 Å². The van der Waals surface area contributed by atoms with Gasteiger partial charge in [0.25, 0.3) is 0 Å². The van der Waals surface area contributed by atoms with Crippen molar-refractivity contribution in [2.75, 3.05) is 60.2 Å². The zero-order chi connectivity index (χ0) is 29.0. The minimum Gasteiger partial charge on any atom is -0.465 e. The maximum Gasteiger partial charge on any atom is 0.407 e. The number of carbonyl (C=O) groups excluding carboxylic acids is 1. The Labute approximate surface area is 240 Å². The van der Waals surface area contributed by atoms with Crippen LogP contribution in [0.2, 0.25) is 5.02 Å². The molecular weight excluding hydrogens is 541 g/mol. The van der Waals surface area contributed by atoms with Crippen LogP contribution < -0.4 is 5.32 Å². The second-order valence-corrected chi connectivity index (χ2v) is 10.1. The molecule has 1 saturated heterocycles. The Morgan fingerprint density at radius 2 is 1.77 bits per heavy atom. The average Bonchev–Trinajstić information content (AvgIpc) is 2.96. The van der Waals surface area contributed by atoms with E-state index >= 15 is 0 Å². The van der Waals surface area contributed by atoms with E-state index in [2.05, 4.69) is 10.2 Å². The predicted octanol–water partition coefficient (Wildman–Crippen LogP) is 4.46. The number of ether oxygens (including phenoxy) is 3. The normalized spacial score (nSPS) is 14.2. The van der Waals surface area contributed by atoms with E-state index in [1.807, 2.05) is 0 Å². The largest absolute Gasteiger partial charge is 0.465 e. The topological polar surface area (TPSA) is 101 Å². The molecule has 0 radical (unpaired) electrons. The van der Waals surface area contributed by atoms with E-state index in [4.69, 9.17) is 25.8 Å². The SMILES string of the molecule is COC(OC)(c1ccccc1F)c1cc(Cl)ccc1CNC(=O)CN(CCCCCCN1CCOCC1)C(=O)O. The summed E-state index contributed by atoms with van der Waals surface area (Å²) in [6.45, 7) is 4.51. The molecule has 0 bridgehead atoms. The molecule has 40 heavy (non-hydrogen) atoms. The van der Waals surface area contributed by atoms with Gasteiger partial charge in [-0.2, -0.15) is 0 Å². The first kappa shape index (κ1) is 31.8. The molecule has 1 fully saturated rings. The number of carboxylic acid groups (broad SMARTS) is 1. The molecule has 1 aliphatic heterocycles. The summed E-state index contributed by atoms with van der Waals surface area (Å²) in [5, 5.41) is 12.8. The number of hydrogen-bond donors (Lipinski definition) is 2. The highest BCUT2D eigenvalue weighted by molar-refractivity contribution is 6.30. The van der Waals surface area contributed by atoms with Crippen molar-refractivity contribution in [2.45, 2.75) is 38.0 Å². The van der Waals surface area contributed by atoms with Crippen molar-refractivity contribution >= 4 is 23.6 Å². The summed E-state index contributed by atoms with van der Waals surface area (Å²) in [4.78, 5) is 28.0. The second kappa shape index (κ2) is 15.9. The summed E-state index contributed by atoms with van der Waals surface area (Å²) in [7, 11) is 2.79. The van der Waals surface area contributed by atoms with Gasteiger partial charge < -0.3 is 24.6 Å². The van der Waals surface area contributed by atoms with Crippen LogP contribution >= 0.6 is 11.6 Å². The summed E-state index contributed by atoms with van der Waals surface area (Å²) >= 11 is 6.28. The molecule has 0 aliphatic carbocycles. The van der Waals surface area contributed by atoms with Gasteiger partial charge in [0.2, 0.25) is 11.7 Å². The number of nitrogens with zero attached hydrogens (tertiary/aromatic N) is 2. The van der Waals surface area contributed by atoms with Crippen molar-refractivity contribution in [1.29, 1.82) is 0 Å². The minimum absolute atomic E-state index is 0.0310. The Bertz CT molecular complexity index is 1110. The molecule has 0 atom stereocenters. The fourth-order valence-electron chi connectivity index (χ4n) is 4.89.